The Morgan fingerprint density at radius 3 is 2.55 bits per heavy atom. The summed E-state index contributed by atoms with van der Waals surface area (Å²) in [5, 5.41) is 2.88. The molecule has 0 saturated carbocycles. The lowest BCUT2D eigenvalue weighted by molar-refractivity contribution is -0.137. The Morgan fingerprint density at radius 1 is 1.35 bits per heavy atom. The summed E-state index contributed by atoms with van der Waals surface area (Å²) >= 11 is 0. The zero-order valence-corrected chi connectivity index (χ0v) is 11.3. The third-order valence-corrected chi connectivity index (χ3v) is 3.64. The molecule has 1 rings (SSSR count). The van der Waals surface area contributed by atoms with E-state index in [-0.39, 0.29) is 11.4 Å². The van der Waals surface area contributed by atoms with Crippen molar-refractivity contribution < 1.29 is 26.4 Å². The molecule has 8 heteroatoms. The maximum absolute atomic E-state index is 12.4. The summed E-state index contributed by atoms with van der Waals surface area (Å²) in [6.07, 6.45) is -3.75. The molecule has 0 saturated heterocycles. The van der Waals surface area contributed by atoms with Gasteiger partial charge in [0.05, 0.1) is 11.3 Å². The predicted molar refractivity (Wildman–Crippen MR) is 68.7 cm³/mol. The molecule has 4 nitrogen and oxygen atoms in total. The van der Waals surface area contributed by atoms with E-state index in [0.717, 1.165) is 29.7 Å². The van der Waals surface area contributed by atoms with Gasteiger partial charge in [0.25, 0.3) is 0 Å². The van der Waals surface area contributed by atoms with Crippen LogP contribution in [0.25, 0.3) is 0 Å². The van der Waals surface area contributed by atoms with Gasteiger partial charge < -0.3 is 5.32 Å². The Bertz CT molecular complexity index is 621. The molecule has 0 bridgehead atoms. The number of amides is 1. The predicted octanol–water partition coefficient (Wildman–Crippen LogP) is 2.59. The summed E-state index contributed by atoms with van der Waals surface area (Å²) < 4.78 is 59.6. The Balaban J connectivity index is 2.82. The van der Waals surface area contributed by atoms with Gasteiger partial charge in [-0.3, -0.25) is 4.79 Å². The highest BCUT2D eigenvalue weighted by atomic mass is 32.2. The zero-order chi connectivity index (χ0) is 15.4. The lowest BCUT2D eigenvalue weighted by Gasteiger charge is -2.08. The van der Waals surface area contributed by atoms with Crippen molar-refractivity contribution in [3.8, 4) is 0 Å². The molecule has 0 spiro atoms. The van der Waals surface area contributed by atoms with Crippen LogP contribution in [0.2, 0.25) is 0 Å². The van der Waals surface area contributed by atoms with E-state index >= 15 is 0 Å². The Morgan fingerprint density at radius 2 is 2.00 bits per heavy atom. The fraction of sp³-hybridized carbons (Fsp3) is 0.250. The minimum atomic E-state index is -4.51. The van der Waals surface area contributed by atoms with Gasteiger partial charge in [-0.1, -0.05) is 13.0 Å². The second-order valence-corrected chi connectivity index (χ2v) is 6.00. The number of halogens is 3. The number of carbonyl (C=O) groups is 1. The molecule has 0 aromatic heterocycles. The van der Waals surface area contributed by atoms with Gasteiger partial charge in [-0.2, -0.15) is 13.2 Å². The van der Waals surface area contributed by atoms with Gasteiger partial charge in [0.2, 0.25) is 5.91 Å². The van der Waals surface area contributed by atoms with Crippen molar-refractivity contribution in [2.45, 2.75) is 13.1 Å². The minimum Gasteiger partial charge on any atom is -0.322 e. The van der Waals surface area contributed by atoms with Crippen LogP contribution in [0.3, 0.4) is 0 Å². The summed E-state index contributed by atoms with van der Waals surface area (Å²) in [5.41, 5.74) is -0.969. The van der Waals surface area contributed by atoms with Crippen molar-refractivity contribution in [3.63, 3.8) is 0 Å². The van der Waals surface area contributed by atoms with Gasteiger partial charge in [0.15, 0.2) is 9.84 Å². The van der Waals surface area contributed by atoms with Gasteiger partial charge in [0, 0.05) is 17.2 Å². The van der Waals surface area contributed by atoms with E-state index in [1.54, 1.807) is 0 Å². The van der Waals surface area contributed by atoms with E-state index in [9.17, 15) is 26.4 Å². The molecular weight excluding hydrogens is 295 g/mol. The third kappa shape index (κ3) is 5.04. The fourth-order valence-corrected chi connectivity index (χ4v) is 1.74. The molecule has 0 atom stereocenters. The molecule has 0 aliphatic carbocycles. The van der Waals surface area contributed by atoms with Gasteiger partial charge in [-0.05, 0) is 18.2 Å². The molecule has 1 aromatic carbocycles. The maximum atomic E-state index is 12.4. The number of nitrogens with one attached hydrogen (secondary N) is 1. The van der Waals surface area contributed by atoms with Crippen molar-refractivity contribution in [2.24, 2.45) is 0 Å². The molecular formula is C12H12F3NO3S. The monoisotopic (exact) mass is 307 g/mol. The van der Waals surface area contributed by atoms with Crippen molar-refractivity contribution in [3.05, 3.63) is 41.3 Å². The molecule has 1 N–H and O–H groups in total. The second kappa shape index (κ2) is 6.08. The normalized spacial score (nSPS) is 12.6. The largest absolute Gasteiger partial charge is 0.416 e. The number of carbonyl (C=O) groups excluding carboxylic acids is 1. The second-order valence-electron chi connectivity index (χ2n) is 3.82. The van der Waals surface area contributed by atoms with Crippen LogP contribution in [0.5, 0.6) is 0 Å². The van der Waals surface area contributed by atoms with Gasteiger partial charge in [-0.15, -0.1) is 0 Å². The molecule has 1 amide bonds. The number of hydrogen-bond donors (Lipinski definition) is 1. The van der Waals surface area contributed by atoms with Crippen molar-refractivity contribution in [1.82, 2.24) is 0 Å². The van der Waals surface area contributed by atoms with Crippen LogP contribution in [0.4, 0.5) is 18.9 Å². The van der Waals surface area contributed by atoms with E-state index in [0.29, 0.717) is 0 Å². The number of sulfone groups is 1. The van der Waals surface area contributed by atoms with Crippen LogP contribution in [0.15, 0.2) is 35.7 Å². The minimum absolute atomic E-state index is 0.0663. The summed E-state index contributed by atoms with van der Waals surface area (Å²) in [5.74, 6) is -0.985. The van der Waals surface area contributed by atoms with Gasteiger partial charge in [-0.25, -0.2) is 8.42 Å². The summed E-state index contributed by atoms with van der Waals surface area (Å²) in [6.45, 7) is 1.41. The van der Waals surface area contributed by atoms with Gasteiger partial charge >= 0.3 is 6.18 Å². The van der Waals surface area contributed by atoms with E-state index in [4.69, 9.17) is 0 Å². The van der Waals surface area contributed by atoms with E-state index in [2.05, 4.69) is 5.32 Å². The topological polar surface area (TPSA) is 63.2 Å². The number of alkyl halides is 3. The summed E-state index contributed by atoms with van der Waals surface area (Å²) in [7, 11) is -3.46. The molecule has 0 aliphatic heterocycles. The van der Waals surface area contributed by atoms with Crippen LogP contribution in [-0.4, -0.2) is 20.1 Å². The average Bonchev–Trinajstić information content (AvgIpc) is 2.36. The molecule has 1 aromatic rings. The highest BCUT2D eigenvalue weighted by Crippen LogP contribution is 2.30. The Hall–Kier alpha value is -1.83. The molecule has 0 aliphatic rings. The number of rotatable bonds is 4. The number of benzene rings is 1. The molecule has 0 fully saturated rings. The number of hydrogen-bond acceptors (Lipinski definition) is 3. The molecule has 20 heavy (non-hydrogen) atoms. The van der Waals surface area contributed by atoms with Crippen LogP contribution in [0, 0.1) is 0 Å². The Kier molecular flexibility index (Phi) is 4.93. The molecule has 0 unspecified atom stereocenters. The molecule has 110 valence electrons. The van der Waals surface area contributed by atoms with E-state index < -0.39 is 27.5 Å². The summed E-state index contributed by atoms with van der Waals surface area (Å²) in [4.78, 5) is 11.4. The first-order chi connectivity index (χ1) is 9.14. The van der Waals surface area contributed by atoms with E-state index in [1.807, 2.05) is 0 Å². The van der Waals surface area contributed by atoms with Crippen LogP contribution >= 0.6 is 0 Å². The van der Waals surface area contributed by atoms with Crippen molar-refractivity contribution in [2.75, 3.05) is 11.1 Å². The Labute approximate surface area is 114 Å². The van der Waals surface area contributed by atoms with Crippen LogP contribution in [-0.2, 0) is 20.8 Å². The van der Waals surface area contributed by atoms with Crippen LogP contribution < -0.4 is 5.32 Å². The maximum Gasteiger partial charge on any atom is 0.416 e. The fourth-order valence-electron chi connectivity index (χ4n) is 1.22. The highest BCUT2D eigenvalue weighted by molar-refractivity contribution is 7.94. The SMILES string of the molecule is CCS(=O)(=O)/C=C/C(=O)Nc1cccc(C(F)(F)F)c1. The highest BCUT2D eigenvalue weighted by Gasteiger charge is 2.30. The molecule has 0 heterocycles. The lowest BCUT2D eigenvalue weighted by atomic mass is 10.2. The average molecular weight is 307 g/mol. The van der Waals surface area contributed by atoms with Crippen molar-refractivity contribution >= 4 is 21.4 Å². The first-order valence-electron chi connectivity index (χ1n) is 5.53. The van der Waals surface area contributed by atoms with Crippen molar-refractivity contribution in [1.29, 1.82) is 0 Å². The van der Waals surface area contributed by atoms with Crippen LogP contribution in [0.1, 0.15) is 12.5 Å². The first-order valence-corrected chi connectivity index (χ1v) is 7.24. The lowest BCUT2D eigenvalue weighted by Crippen LogP contribution is -2.11. The summed E-state index contributed by atoms with van der Waals surface area (Å²) in [6, 6.07) is 4.05. The van der Waals surface area contributed by atoms with E-state index in [1.165, 1.54) is 13.0 Å². The standard InChI is InChI=1S/C12H12F3NO3S/c1-2-20(18,19)7-6-11(17)16-10-5-3-4-9(8-10)12(13,14)15/h3-8H,2H2,1H3,(H,16,17)/b7-6+. The smallest absolute Gasteiger partial charge is 0.322 e. The number of anilines is 1. The zero-order valence-electron chi connectivity index (χ0n) is 10.4. The first kappa shape index (κ1) is 16.2. The third-order valence-electron chi connectivity index (χ3n) is 2.29. The van der Waals surface area contributed by atoms with Gasteiger partial charge in [0.1, 0.15) is 0 Å². The quantitative estimate of drug-likeness (QED) is 0.870. The molecule has 0 radical (unpaired) electrons.